The summed E-state index contributed by atoms with van der Waals surface area (Å²) in [7, 11) is 0. The maximum Gasteiger partial charge on any atom is 0.200 e. The van der Waals surface area contributed by atoms with Crippen molar-refractivity contribution in [3.63, 3.8) is 0 Å². The Bertz CT molecular complexity index is 475. The SMILES string of the molecule is C=CC(C)OCC(O)Cc1c(F)c(F)c(F)c(F)c1F. The molecular formula is C13H13F5O2. The molecule has 2 nitrogen and oxygen atoms in total. The van der Waals surface area contributed by atoms with Crippen LogP contribution in [0.4, 0.5) is 22.0 Å². The van der Waals surface area contributed by atoms with E-state index in [2.05, 4.69) is 6.58 Å². The van der Waals surface area contributed by atoms with E-state index in [1.807, 2.05) is 0 Å². The highest BCUT2D eigenvalue weighted by Crippen LogP contribution is 2.24. The summed E-state index contributed by atoms with van der Waals surface area (Å²) >= 11 is 0. The van der Waals surface area contributed by atoms with Crippen LogP contribution in [-0.2, 0) is 11.2 Å². The highest BCUT2D eigenvalue weighted by molar-refractivity contribution is 5.24. The highest BCUT2D eigenvalue weighted by Gasteiger charge is 2.26. The van der Waals surface area contributed by atoms with Gasteiger partial charge in [-0.25, -0.2) is 22.0 Å². The normalized spacial score (nSPS) is 14.2. The average Bonchev–Trinajstić information content (AvgIpc) is 2.44. The fourth-order valence-electron chi connectivity index (χ4n) is 1.46. The van der Waals surface area contributed by atoms with Crippen LogP contribution < -0.4 is 0 Å². The number of ether oxygens (including phenoxy) is 1. The lowest BCUT2D eigenvalue weighted by molar-refractivity contribution is 0.0161. The number of benzene rings is 1. The van der Waals surface area contributed by atoms with E-state index in [-0.39, 0.29) is 6.61 Å². The van der Waals surface area contributed by atoms with Crippen LogP contribution >= 0.6 is 0 Å². The van der Waals surface area contributed by atoms with Crippen LogP contribution in [-0.4, -0.2) is 23.9 Å². The number of hydrogen-bond donors (Lipinski definition) is 1. The third kappa shape index (κ3) is 3.55. The molecule has 0 saturated carbocycles. The third-order valence-electron chi connectivity index (χ3n) is 2.62. The minimum atomic E-state index is -2.23. The lowest BCUT2D eigenvalue weighted by Crippen LogP contribution is -2.23. The van der Waals surface area contributed by atoms with Crippen LogP contribution in [0, 0.1) is 29.1 Å². The molecule has 7 heteroatoms. The molecule has 2 unspecified atom stereocenters. The van der Waals surface area contributed by atoms with Gasteiger partial charge in [0.2, 0.25) is 5.82 Å². The van der Waals surface area contributed by atoms with Gasteiger partial charge in [0, 0.05) is 12.0 Å². The number of hydrogen-bond acceptors (Lipinski definition) is 2. The summed E-state index contributed by atoms with van der Waals surface area (Å²) in [5.74, 6) is -10.2. The first-order valence-electron chi connectivity index (χ1n) is 5.72. The maximum absolute atomic E-state index is 13.3. The molecule has 0 aliphatic carbocycles. The van der Waals surface area contributed by atoms with Crippen molar-refractivity contribution in [2.75, 3.05) is 6.61 Å². The Balaban J connectivity index is 2.90. The molecule has 112 valence electrons. The van der Waals surface area contributed by atoms with E-state index < -0.39 is 53.3 Å². The van der Waals surface area contributed by atoms with Crippen molar-refractivity contribution in [2.45, 2.75) is 25.6 Å². The summed E-state index contributed by atoms with van der Waals surface area (Å²) in [6.45, 7) is 4.70. The van der Waals surface area contributed by atoms with Gasteiger partial charge in [-0.05, 0) is 6.92 Å². The summed E-state index contributed by atoms with van der Waals surface area (Å²) < 4.78 is 70.4. The van der Waals surface area contributed by atoms with Gasteiger partial charge in [-0.15, -0.1) is 6.58 Å². The van der Waals surface area contributed by atoms with Gasteiger partial charge in [0.1, 0.15) is 0 Å². The third-order valence-corrected chi connectivity index (χ3v) is 2.62. The van der Waals surface area contributed by atoms with Crippen LogP contribution in [0.5, 0.6) is 0 Å². The Morgan fingerprint density at radius 1 is 1.05 bits per heavy atom. The fraction of sp³-hybridized carbons (Fsp3) is 0.385. The molecule has 1 N–H and O–H groups in total. The summed E-state index contributed by atoms with van der Waals surface area (Å²) in [6, 6.07) is 0. The van der Waals surface area contributed by atoms with Crippen LogP contribution in [0.3, 0.4) is 0 Å². The molecule has 0 aliphatic heterocycles. The molecule has 0 heterocycles. The number of aliphatic hydroxyl groups excluding tert-OH is 1. The second kappa shape index (κ2) is 6.81. The smallest absolute Gasteiger partial charge is 0.200 e. The first kappa shape index (κ1) is 16.6. The predicted octanol–water partition coefficient (Wildman–Crippen LogP) is 2.88. The number of aliphatic hydroxyl groups is 1. The van der Waals surface area contributed by atoms with E-state index in [1.165, 1.54) is 6.08 Å². The summed E-state index contributed by atoms with van der Waals surface area (Å²) in [6.07, 6.45) is -1.16. The topological polar surface area (TPSA) is 29.5 Å². The zero-order chi connectivity index (χ0) is 15.4. The predicted molar refractivity (Wildman–Crippen MR) is 61.6 cm³/mol. The zero-order valence-corrected chi connectivity index (χ0v) is 10.6. The summed E-state index contributed by atoms with van der Waals surface area (Å²) in [4.78, 5) is 0. The highest BCUT2D eigenvalue weighted by atomic mass is 19.2. The van der Waals surface area contributed by atoms with E-state index in [0.717, 1.165) is 0 Å². The monoisotopic (exact) mass is 296 g/mol. The standard InChI is InChI=1S/C13H13F5O2/c1-3-6(2)20-5-7(19)4-8-9(14)11(16)13(18)12(17)10(8)15/h3,6-7,19H,1,4-5H2,2H3. The molecule has 0 fully saturated rings. The van der Waals surface area contributed by atoms with E-state index in [1.54, 1.807) is 6.92 Å². The van der Waals surface area contributed by atoms with Crippen molar-refractivity contribution in [1.82, 2.24) is 0 Å². The lowest BCUT2D eigenvalue weighted by atomic mass is 10.1. The first-order valence-corrected chi connectivity index (χ1v) is 5.72. The lowest BCUT2D eigenvalue weighted by Gasteiger charge is -2.15. The molecule has 2 atom stereocenters. The number of rotatable bonds is 6. The molecule has 0 aliphatic rings. The molecule has 1 aromatic rings. The van der Waals surface area contributed by atoms with Crippen molar-refractivity contribution in [1.29, 1.82) is 0 Å². The van der Waals surface area contributed by atoms with Crippen molar-refractivity contribution >= 4 is 0 Å². The largest absolute Gasteiger partial charge is 0.390 e. The molecule has 0 spiro atoms. The van der Waals surface area contributed by atoms with Crippen LogP contribution in [0.2, 0.25) is 0 Å². The molecule has 0 radical (unpaired) electrons. The fourth-order valence-corrected chi connectivity index (χ4v) is 1.46. The van der Waals surface area contributed by atoms with Crippen molar-refractivity contribution in [3.8, 4) is 0 Å². The van der Waals surface area contributed by atoms with Gasteiger partial charge in [0.25, 0.3) is 0 Å². The molecule has 0 saturated heterocycles. The summed E-state index contributed by atoms with van der Waals surface area (Å²) in [5.41, 5.74) is -1.07. The van der Waals surface area contributed by atoms with Gasteiger partial charge < -0.3 is 9.84 Å². The molecule has 0 aromatic heterocycles. The quantitative estimate of drug-likeness (QED) is 0.378. The molecule has 0 amide bonds. The second-order valence-corrected chi connectivity index (χ2v) is 4.18. The Morgan fingerprint density at radius 3 is 1.95 bits per heavy atom. The number of halogens is 5. The van der Waals surface area contributed by atoms with E-state index in [4.69, 9.17) is 4.74 Å². The minimum absolute atomic E-state index is 0.327. The molecule has 1 rings (SSSR count). The van der Waals surface area contributed by atoms with Gasteiger partial charge in [0.05, 0.1) is 18.8 Å². The Kier molecular flexibility index (Phi) is 5.64. The molecular weight excluding hydrogens is 283 g/mol. The van der Waals surface area contributed by atoms with E-state index in [0.29, 0.717) is 0 Å². The molecule has 1 aromatic carbocycles. The Hall–Kier alpha value is -1.47. The van der Waals surface area contributed by atoms with E-state index in [9.17, 15) is 27.1 Å². The van der Waals surface area contributed by atoms with Gasteiger partial charge in [-0.3, -0.25) is 0 Å². The average molecular weight is 296 g/mol. The summed E-state index contributed by atoms with van der Waals surface area (Å²) in [5, 5.41) is 9.52. The molecule has 20 heavy (non-hydrogen) atoms. The van der Waals surface area contributed by atoms with Gasteiger partial charge in [0.15, 0.2) is 23.3 Å². The van der Waals surface area contributed by atoms with Gasteiger partial charge in [-0.2, -0.15) is 0 Å². The first-order chi connectivity index (χ1) is 9.29. The molecule has 0 bridgehead atoms. The van der Waals surface area contributed by atoms with Crippen molar-refractivity contribution in [2.24, 2.45) is 0 Å². The van der Waals surface area contributed by atoms with Crippen molar-refractivity contribution in [3.05, 3.63) is 47.3 Å². The second-order valence-electron chi connectivity index (χ2n) is 4.18. The van der Waals surface area contributed by atoms with Crippen LogP contribution in [0.25, 0.3) is 0 Å². The van der Waals surface area contributed by atoms with E-state index >= 15 is 0 Å². The van der Waals surface area contributed by atoms with Gasteiger partial charge >= 0.3 is 0 Å². The van der Waals surface area contributed by atoms with Gasteiger partial charge in [-0.1, -0.05) is 6.08 Å². The van der Waals surface area contributed by atoms with Crippen molar-refractivity contribution < 1.29 is 31.8 Å². The Labute approximate surface area is 112 Å². The van der Waals surface area contributed by atoms with Crippen LogP contribution in [0.15, 0.2) is 12.7 Å². The van der Waals surface area contributed by atoms with Crippen LogP contribution in [0.1, 0.15) is 12.5 Å². The zero-order valence-electron chi connectivity index (χ0n) is 10.6. The minimum Gasteiger partial charge on any atom is -0.390 e. The Morgan fingerprint density at radius 2 is 1.50 bits per heavy atom. The maximum atomic E-state index is 13.3.